The third kappa shape index (κ3) is 4.15. The summed E-state index contributed by atoms with van der Waals surface area (Å²) in [7, 11) is 0. The van der Waals surface area contributed by atoms with E-state index in [9.17, 15) is 0 Å². The van der Waals surface area contributed by atoms with Gasteiger partial charge >= 0.3 is 0 Å². The number of fused-ring (bicyclic) bond motifs is 1. The molecule has 0 saturated heterocycles. The molecule has 8 nitrogen and oxygen atoms in total. The molecule has 1 aliphatic heterocycles. The first kappa shape index (κ1) is 19.7. The standard InChI is InChI=1S/C24H22N6O2/c1-16-12-17(2)27-24(26-16)28-25-14-19-15-30(20-6-4-3-5-7-20)29-23(19)18-8-9-21-22(13-18)32-11-10-31-21/h3-9,12-15H,10-11H2,1-2H3,(H,26,27,28). The number of rotatable bonds is 5. The molecule has 2 aromatic heterocycles. The molecule has 1 N–H and O–H groups in total. The fourth-order valence-electron chi connectivity index (χ4n) is 3.55. The highest BCUT2D eigenvalue weighted by Gasteiger charge is 2.16. The van der Waals surface area contributed by atoms with Gasteiger partial charge in [-0.15, -0.1) is 0 Å². The van der Waals surface area contributed by atoms with Crippen LogP contribution in [0.5, 0.6) is 11.5 Å². The van der Waals surface area contributed by atoms with Crippen LogP contribution in [0.25, 0.3) is 16.9 Å². The van der Waals surface area contributed by atoms with Crippen LogP contribution in [0.4, 0.5) is 5.95 Å². The first-order valence-corrected chi connectivity index (χ1v) is 10.3. The summed E-state index contributed by atoms with van der Waals surface area (Å²) in [6.45, 7) is 4.93. The van der Waals surface area contributed by atoms with Gasteiger partial charge in [-0.2, -0.15) is 10.2 Å². The minimum atomic E-state index is 0.454. The quantitative estimate of drug-likeness (QED) is 0.381. The summed E-state index contributed by atoms with van der Waals surface area (Å²) in [5, 5.41) is 9.19. The Kier molecular flexibility index (Phi) is 5.25. The Morgan fingerprint density at radius 1 is 0.938 bits per heavy atom. The number of para-hydroxylation sites is 1. The Hall–Kier alpha value is -4.20. The SMILES string of the molecule is Cc1cc(C)nc(NN=Cc2cn(-c3ccccc3)nc2-c2ccc3c(c2)OCCO3)n1. The van der Waals surface area contributed by atoms with Crippen LogP contribution in [0.3, 0.4) is 0 Å². The minimum Gasteiger partial charge on any atom is -0.486 e. The number of anilines is 1. The lowest BCUT2D eigenvalue weighted by Gasteiger charge is -2.18. The Labute approximate surface area is 185 Å². The first-order valence-electron chi connectivity index (χ1n) is 10.3. The van der Waals surface area contributed by atoms with Crippen molar-refractivity contribution in [3.63, 3.8) is 0 Å². The van der Waals surface area contributed by atoms with Crippen LogP contribution >= 0.6 is 0 Å². The number of nitrogens with one attached hydrogen (secondary N) is 1. The van der Waals surface area contributed by atoms with Gasteiger partial charge in [-0.05, 0) is 50.2 Å². The van der Waals surface area contributed by atoms with Gasteiger partial charge in [-0.1, -0.05) is 18.2 Å². The third-order valence-electron chi connectivity index (χ3n) is 4.93. The van der Waals surface area contributed by atoms with Crippen molar-refractivity contribution in [2.24, 2.45) is 5.10 Å². The van der Waals surface area contributed by atoms with Crippen molar-refractivity contribution in [2.45, 2.75) is 13.8 Å². The molecule has 0 atom stereocenters. The number of nitrogens with zero attached hydrogens (tertiary/aromatic N) is 5. The lowest BCUT2D eigenvalue weighted by molar-refractivity contribution is 0.171. The second kappa shape index (κ2) is 8.50. The summed E-state index contributed by atoms with van der Waals surface area (Å²) in [6.07, 6.45) is 3.66. The number of hydrogen-bond acceptors (Lipinski definition) is 7. The summed E-state index contributed by atoms with van der Waals surface area (Å²) in [4.78, 5) is 8.72. The van der Waals surface area contributed by atoms with Gasteiger partial charge in [0.1, 0.15) is 18.9 Å². The van der Waals surface area contributed by atoms with E-state index in [1.807, 2.05) is 79.3 Å². The maximum absolute atomic E-state index is 5.76. The molecule has 0 radical (unpaired) electrons. The molecule has 3 heterocycles. The largest absolute Gasteiger partial charge is 0.486 e. The molecular weight excluding hydrogens is 404 g/mol. The van der Waals surface area contributed by atoms with E-state index < -0.39 is 0 Å². The monoisotopic (exact) mass is 426 g/mol. The van der Waals surface area contributed by atoms with E-state index in [1.165, 1.54) is 0 Å². The van der Waals surface area contributed by atoms with E-state index in [0.29, 0.717) is 24.9 Å². The number of hydrazone groups is 1. The van der Waals surface area contributed by atoms with Crippen LogP contribution in [-0.4, -0.2) is 39.2 Å². The second-order valence-corrected chi connectivity index (χ2v) is 7.42. The van der Waals surface area contributed by atoms with E-state index in [-0.39, 0.29) is 0 Å². The van der Waals surface area contributed by atoms with E-state index in [1.54, 1.807) is 6.21 Å². The number of hydrogen-bond donors (Lipinski definition) is 1. The summed E-state index contributed by atoms with van der Waals surface area (Å²) >= 11 is 0. The fourth-order valence-corrected chi connectivity index (χ4v) is 3.55. The van der Waals surface area contributed by atoms with Crippen LogP contribution in [0.1, 0.15) is 17.0 Å². The molecule has 1 aliphatic rings. The van der Waals surface area contributed by atoms with Gasteiger partial charge < -0.3 is 9.47 Å². The highest BCUT2D eigenvalue weighted by Crippen LogP contribution is 2.35. The van der Waals surface area contributed by atoms with Crippen molar-refractivity contribution >= 4 is 12.2 Å². The summed E-state index contributed by atoms with van der Waals surface area (Å²) in [6, 6.07) is 17.7. The van der Waals surface area contributed by atoms with Gasteiger partial charge in [-0.3, -0.25) is 0 Å². The van der Waals surface area contributed by atoms with Crippen molar-refractivity contribution in [1.29, 1.82) is 0 Å². The van der Waals surface area contributed by atoms with Crippen molar-refractivity contribution in [2.75, 3.05) is 18.6 Å². The maximum Gasteiger partial charge on any atom is 0.243 e. The Bertz CT molecular complexity index is 1260. The highest BCUT2D eigenvalue weighted by molar-refractivity contribution is 5.89. The molecular formula is C24H22N6O2. The van der Waals surface area contributed by atoms with Crippen molar-refractivity contribution in [3.8, 4) is 28.4 Å². The molecule has 4 aromatic rings. The van der Waals surface area contributed by atoms with Gasteiger partial charge in [-0.25, -0.2) is 20.1 Å². The molecule has 0 unspecified atom stereocenters. The smallest absolute Gasteiger partial charge is 0.243 e. The van der Waals surface area contributed by atoms with E-state index >= 15 is 0 Å². The lowest BCUT2D eigenvalue weighted by Crippen LogP contribution is -2.15. The topological polar surface area (TPSA) is 86.5 Å². The van der Waals surface area contributed by atoms with E-state index in [0.717, 1.165) is 39.6 Å². The molecule has 8 heteroatoms. The predicted molar refractivity (Wildman–Crippen MR) is 123 cm³/mol. The van der Waals surface area contributed by atoms with Gasteiger partial charge in [0.25, 0.3) is 0 Å². The number of aryl methyl sites for hydroxylation is 2. The normalized spacial score (nSPS) is 12.8. The van der Waals surface area contributed by atoms with Crippen LogP contribution in [0.2, 0.25) is 0 Å². The average molecular weight is 426 g/mol. The van der Waals surface area contributed by atoms with Crippen LogP contribution in [0, 0.1) is 13.8 Å². The molecule has 2 aromatic carbocycles. The molecule has 0 aliphatic carbocycles. The van der Waals surface area contributed by atoms with E-state index in [4.69, 9.17) is 14.6 Å². The minimum absolute atomic E-state index is 0.454. The maximum atomic E-state index is 5.76. The zero-order chi connectivity index (χ0) is 21.9. The number of aromatic nitrogens is 4. The molecule has 0 fully saturated rings. The Balaban J connectivity index is 1.51. The van der Waals surface area contributed by atoms with Gasteiger partial charge in [0.05, 0.1) is 11.9 Å². The number of ether oxygens (including phenoxy) is 2. The van der Waals surface area contributed by atoms with Gasteiger partial charge in [0.2, 0.25) is 5.95 Å². The Morgan fingerprint density at radius 3 is 2.47 bits per heavy atom. The number of benzene rings is 2. The lowest BCUT2D eigenvalue weighted by atomic mass is 10.1. The van der Waals surface area contributed by atoms with Crippen molar-refractivity contribution in [3.05, 3.63) is 77.7 Å². The van der Waals surface area contributed by atoms with Gasteiger partial charge in [0, 0.05) is 28.7 Å². The molecule has 0 bridgehead atoms. The zero-order valence-corrected chi connectivity index (χ0v) is 17.8. The van der Waals surface area contributed by atoms with Crippen LogP contribution in [0.15, 0.2) is 65.9 Å². The van der Waals surface area contributed by atoms with E-state index in [2.05, 4.69) is 20.5 Å². The zero-order valence-electron chi connectivity index (χ0n) is 17.8. The molecule has 32 heavy (non-hydrogen) atoms. The van der Waals surface area contributed by atoms with Crippen molar-refractivity contribution in [1.82, 2.24) is 19.7 Å². The molecule has 0 spiro atoms. The van der Waals surface area contributed by atoms with Crippen molar-refractivity contribution < 1.29 is 9.47 Å². The van der Waals surface area contributed by atoms with Crippen LogP contribution < -0.4 is 14.9 Å². The molecule has 0 amide bonds. The van der Waals surface area contributed by atoms with Gasteiger partial charge in [0.15, 0.2) is 11.5 Å². The molecule has 5 rings (SSSR count). The predicted octanol–water partition coefficient (Wildman–Crippen LogP) is 4.16. The summed E-state index contributed by atoms with van der Waals surface area (Å²) in [5.41, 5.74) is 8.15. The fraction of sp³-hybridized carbons (Fsp3) is 0.167. The summed E-state index contributed by atoms with van der Waals surface area (Å²) < 4.78 is 13.2. The molecule has 0 saturated carbocycles. The average Bonchev–Trinajstić information content (AvgIpc) is 3.23. The third-order valence-corrected chi connectivity index (χ3v) is 4.93. The summed E-state index contributed by atoms with van der Waals surface area (Å²) in [5.74, 6) is 1.91. The highest BCUT2D eigenvalue weighted by atomic mass is 16.6. The molecule has 160 valence electrons. The Morgan fingerprint density at radius 2 is 1.69 bits per heavy atom. The second-order valence-electron chi connectivity index (χ2n) is 7.42. The van der Waals surface area contributed by atoms with Crippen LogP contribution in [-0.2, 0) is 0 Å². The first-order chi connectivity index (χ1) is 15.7.